The van der Waals surface area contributed by atoms with E-state index in [1.807, 2.05) is 0 Å². The Morgan fingerprint density at radius 3 is 2.65 bits per heavy atom. The van der Waals surface area contributed by atoms with Crippen LogP contribution in [0.15, 0.2) is 58.7 Å². The van der Waals surface area contributed by atoms with Crippen LogP contribution in [0.1, 0.15) is 36.8 Å². The third-order valence-corrected chi connectivity index (χ3v) is 9.52. The number of anilines is 1. The number of fused-ring (bicyclic) bond motifs is 2. The van der Waals surface area contributed by atoms with E-state index in [-0.39, 0.29) is 41.3 Å². The van der Waals surface area contributed by atoms with Crippen LogP contribution >= 0.6 is 0 Å². The number of rotatable bonds is 7. The number of piperidine rings is 1. The fourth-order valence-electron chi connectivity index (χ4n) is 6.70. The molecule has 1 aromatic heterocycles. The normalized spacial score (nSPS) is 21.8. The molecule has 228 valence electrons. The number of carbonyl (C=O) groups excluding carboxylic acids is 1. The van der Waals surface area contributed by atoms with Crippen molar-refractivity contribution < 1.29 is 22.0 Å². The fourth-order valence-corrected chi connectivity index (χ4v) is 7.50. The highest BCUT2D eigenvalue weighted by atomic mass is 32.2. The highest BCUT2D eigenvalue weighted by Crippen LogP contribution is 2.47. The molecular weight excluding hydrogens is 576 g/mol. The summed E-state index contributed by atoms with van der Waals surface area (Å²) in [5.41, 5.74) is 3.12. The van der Waals surface area contributed by atoms with Crippen molar-refractivity contribution in [2.75, 3.05) is 36.5 Å². The van der Waals surface area contributed by atoms with Crippen LogP contribution in [0.3, 0.4) is 0 Å². The first-order valence-corrected chi connectivity index (χ1v) is 16.6. The molecule has 1 aromatic carbocycles. The van der Waals surface area contributed by atoms with E-state index in [0.29, 0.717) is 40.9 Å². The van der Waals surface area contributed by atoms with Crippen LogP contribution in [0.25, 0.3) is 11.3 Å². The molecule has 2 aromatic rings. The zero-order valence-corrected chi connectivity index (χ0v) is 24.9. The molecule has 6 rings (SSSR count). The number of hydrogen-bond acceptors (Lipinski definition) is 7. The number of hydrogen-bond donors (Lipinski definition) is 3. The number of carbonyl (C=O) groups is 1. The largest absolute Gasteiger partial charge is 0.384 e. The van der Waals surface area contributed by atoms with Crippen molar-refractivity contribution in [3.8, 4) is 0 Å². The minimum absolute atomic E-state index is 0.0483. The number of aromatic nitrogens is 1. The Morgan fingerprint density at radius 1 is 1.16 bits per heavy atom. The summed E-state index contributed by atoms with van der Waals surface area (Å²) < 4.78 is 55.6. The zero-order valence-electron chi connectivity index (χ0n) is 24.1. The van der Waals surface area contributed by atoms with Crippen molar-refractivity contribution in [1.82, 2.24) is 20.5 Å². The molecule has 2 atom stereocenters. The monoisotopic (exact) mass is 611 g/mol. The Labute approximate surface area is 249 Å². The van der Waals surface area contributed by atoms with E-state index in [4.69, 9.17) is 0 Å². The van der Waals surface area contributed by atoms with Crippen molar-refractivity contribution in [3.05, 3.63) is 87.0 Å². The number of amides is 1. The van der Waals surface area contributed by atoms with E-state index in [9.17, 15) is 22.4 Å². The highest BCUT2D eigenvalue weighted by molar-refractivity contribution is 7.91. The standard InChI is InChI=1S/C31H35F2N5O4S/c1-37-12-9-23-20(17-43(2,41)42)13-19-16-38(25-5-4-21(32)14-24(25)33)30-18(15-35-29(27(19)30)28(23)31(37)40)3-6-26(39)36-22-7-10-34-11-8-22/h4-5,9,12-14,16,18,22,30,34-35H,3,6-8,10-11,15,17H2,1-2H3,(H,36,39). The number of halogens is 2. The van der Waals surface area contributed by atoms with Gasteiger partial charge in [-0.25, -0.2) is 17.2 Å². The van der Waals surface area contributed by atoms with E-state index >= 15 is 4.39 Å². The van der Waals surface area contributed by atoms with Gasteiger partial charge in [-0.05, 0) is 73.3 Å². The SMILES string of the molecule is Cn1ccc2c(c1=O)C1=C3C(=CN(c4ccc(F)cc4F)C3C(CCC(=O)NC3CCNCC3)CN1)C=C2CS(C)(=O)=O. The van der Waals surface area contributed by atoms with Gasteiger partial charge in [0.1, 0.15) is 11.6 Å². The second-order valence-corrected chi connectivity index (χ2v) is 14.0. The molecule has 2 unspecified atom stereocenters. The zero-order chi connectivity index (χ0) is 30.5. The number of allylic oxidation sites excluding steroid dienone is 1. The van der Waals surface area contributed by atoms with Crippen LogP contribution in [0.4, 0.5) is 14.5 Å². The molecule has 4 aliphatic rings. The van der Waals surface area contributed by atoms with Gasteiger partial charge < -0.3 is 25.4 Å². The van der Waals surface area contributed by atoms with E-state index in [2.05, 4.69) is 16.0 Å². The number of benzene rings is 1. The third-order valence-electron chi connectivity index (χ3n) is 8.69. The van der Waals surface area contributed by atoms with E-state index in [1.54, 1.807) is 36.5 Å². The van der Waals surface area contributed by atoms with Crippen molar-refractivity contribution in [1.29, 1.82) is 0 Å². The first-order chi connectivity index (χ1) is 20.5. The second-order valence-electron chi connectivity index (χ2n) is 11.9. The Kier molecular flexibility index (Phi) is 7.76. The van der Waals surface area contributed by atoms with Crippen LogP contribution in [0.5, 0.6) is 0 Å². The smallest absolute Gasteiger partial charge is 0.260 e. The second kappa shape index (κ2) is 11.4. The summed E-state index contributed by atoms with van der Waals surface area (Å²) in [5, 5.41) is 9.86. The molecule has 9 nitrogen and oxygen atoms in total. The Hall–Kier alpha value is -3.77. The number of pyridine rings is 1. The molecule has 43 heavy (non-hydrogen) atoms. The van der Waals surface area contributed by atoms with Gasteiger partial charge in [0.2, 0.25) is 5.91 Å². The Bertz CT molecular complexity index is 1740. The van der Waals surface area contributed by atoms with Crippen LogP contribution < -0.4 is 26.4 Å². The quantitative estimate of drug-likeness (QED) is 0.441. The average molecular weight is 612 g/mol. The average Bonchev–Trinajstić information content (AvgIpc) is 3.26. The molecule has 0 saturated carbocycles. The number of nitrogens with zero attached hydrogens (tertiary/aromatic N) is 2. The molecule has 3 aliphatic heterocycles. The molecule has 0 radical (unpaired) electrons. The number of aryl methyl sites for hydroxylation is 1. The Morgan fingerprint density at radius 2 is 1.93 bits per heavy atom. The molecule has 1 fully saturated rings. The van der Waals surface area contributed by atoms with Gasteiger partial charge in [-0.3, -0.25) is 9.59 Å². The summed E-state index contributed by atoms with van der Waals surface area (Å²) in [6.07, 6.45) is 8.73. The number of sulfone groups is 1. The lowest BCUT2D eigenvalue weighted by molar-refractivity contribution is -0.122. The van der Waals surface area contributed by atoms with E-state index in [1.165, 1.54) is 16.7 Å². The predicted molar refractivity (Wildman–Crippen MR) is 162 cm³/mol. The molecule has 1 aliphatic carbocycles. The third kappa shape index (κ3) is 5.77. The van der Waals surface area contributed by atoms with Crippen LogP contribution in [-0.2, 0) is 21.7 Å². The summed E-state index contributed by atoms with van der Waals surface area (Å²) in [4.78, 5) is 28.3. The summed E-state index contributed by atoms with van der Waals surface area (Å²) in [6.45, 7) is 2.11. The first kappa shape index (κ1) is 29.3. The molecule has 1 saturated heterocycles. The van der Waals surface area contributed by atoms with Gasteiger partial charge in [-0.15, -0.1) is 0 Å². The molecule has 3 N–H and O–H groups in total. The van der Waals surface area contributed by atoms with Crippen LogP contribution in [0, 0.1) is 17.6 Å². The van der Waals surface area contributed by atoms with Crippen molar-refractivity contribution in [2.45, 2.75) is 37.8 Å². The summed E-state index contributed by atoms with van der Waals surface area (Å²) >= 11 is 0. The van der Waals surface area contributed by atoms with Gasteiger partial charge >= 0.3 is 0 Å². The summed E-state index contributed by atoms with van der Waals surface area (Å²) in [5.74, 6) is -1.97. The lowest BCUT2D eigenvalue weighted by atomic mass is 9.82. The summed E-state index contributed by atoms with van der Waals surface area (Å²) in [6, 6.07) is 4.79. The van der Waals surface area contributed by atoms with Gasteiger partial charge in [-0.1, -0.05) is 0 Å². The summed E-state index contributed by atoms with van der Waals surface area (Å²) in [7, 11) is -1.85. The van der Waals surface area contributed by atoms with E-state index < -0.39 is 27.5 Å². The maximum atomic E-state index is 15.3. The van der Waals surface area contributed by atoms with Gasteiger partial charge in [0, 0.05) is 62.3 Å². The predicted octanol–water partition coefficient (Wildman–Crippen LogP) is 2.46. The minimum atomic E-state index is -3.48. The fraction of sp³-hybridized carbons (Fsp3) is 0.419. The van der Waals surface area contributed by atoms with Crippen molar-refractivity contribution in [3.63, 3.8) is 0 Å². The first-order valence-electron chi connectivity index (χ1n) is 14.5. The number of nitrogens with one attached hydrogen (secondary N) is 3. The van der Waals surface area contributed by atoms with Gasteiger partial charge in [0.25, 0.3) is 5.56 Å². The van der Waals surface area contributed by atoms with Crippen LogP contribution in [-0.4, -0.2) is 62.6 Å². The van der Waals surface area contributed by atoms with E-state index in [0.717, 1.165) is 43.8 Å². The van der Waals surface area contributed by atoms with Crippen molar-refractivity contribution >= 4 is 32.7 Å². The van der Waals surface area contributed by atoms with Crippen molar-refractivity contribution in [2.24, 2.45) is 13.0 Å². The maximum absolute atomic E-state index is 15.3. The van der Waals surface area contributed by atoms with Gasteiger partial charge in [0.05, 0.1) is 28.7 Å². The van der Waals surface area contributed by atoms with Crippen LogP contribution in [0.2, 0.25) is 0 Å². The molecule has 12 heteroatoms. The maximum Gasteiger partial charge on any atom is 0.260 e. The molecule has 0 spiro atoms. The highest BCUT2D eigenvalue weighted by Gasteiger charge is 2.44. The van der Waals surface area contributed by atoms with Gasteiger partial charge in [-0.2, -0.15) is 0 Å². The lowest BCUT2D eigenvalue weighted by Crippen LogP contribution is -2.47. The topological polar surface area (TPSA) is 113 Å². The lowest BCUT2D eigenvalue weighted by Gasteiger charge is -2.39. The Balaban J connectivity index is 1.44. The minimum Gasteiger partial charge on any atom is -0.384 e. The van der Waals surface area contributed by atoms with Gasteiger partial charge in [0.15, 0.2) is 9.84 Å². The molecule has 1 amide bonds. The molecular formula is C31H35F2N5O4S. The molecule has 0 bridgehead atoms. The molecule has 4 heterocycles.